The molecule has 2 heterocycles. The van der Waals surface area contributed by atoms with Crippen LogP contribution in [-0.4, -0.2) is 16.1 Å². The van der Waals surface area contributed by atoms with Crippen LogP contribution in [0.2, 0.25) is 5.15 Å². The van der Waals surface area contributed by atoms with Crippen molar-refractivity contribution < 1.29 is 9.90 Å². The number of fused-ring (bicyclic) bond motifs is 1. The Kier molecular flexibility index (Phi) is 2.47. The molecule has 2 aromatic heterocycles. The number of hydrogen-bond donors (Lipinski definition) is 1. The van der Waals surface area contributed by atoms with Crippen molar-refractivity contribution >= 4 is 54.9 Å². The van der Waals surface area contributed by atoms with Gasteiger partial charge in [0.05, 0.1) is 4.70 Å². The largest absolute Gasteiger partial charge is 0.477 e. The molecule has 0 aliphatic heterocycles. The van der Waals surface area contributed by atoms with E-state index in [-0.39, 0.29) is 4.88 Å². The first-order chi connectivity index (χ1) is 6.59. The molecule has 0 fully saturated rings. The van der Waals surface area contributed by atoms with E-state index >= 15 is 0 Å². The molecule has 0 atom stereocenters. The second-order valence-corrected chi connectivity index (χ2v) is 4.82. The van der Waals surface area contributed by atoms with Gasteiger partial charge in [-0.1, -0.05) is 11.6 Å². The molecule has 2 aromatic rings. The van der Waals surface area contributed by atoms with Gasteiger partial charge in [-0.25, -0.2) is 9.78 Å². The predicted molar refractivity (Wildman–Crippen MR) is 59.3 cm³/mol. The Balaban J connectivity index is 2.82. The monoisotopic (exact) mass is 291 g/mol. The summed E-state index contributed by atoms with van der Waals surface area (Å²) >= 11 is 10.2. The normalized spacial score (nSPS) is 10.7. The van der Waals surface area contributed by atoms with Crippen molar-refractivity contribution in [2.24, 2.45) is 0 Å². The van der Waals surface area contributed by atoms with Gasteiger partial charge in [0.15, 0.2) is 0 Å². The standard InChI is InChI=1S/C8H3BrClNO2S/c9-4-2-11-7(10)6-3(4)1-5(14-6)8(12)13/h1-2H,(H,12,13). The Labute approximate surface area is 96.5 Å². The smallest absolute Gasteiger partial charge is 0.345 e. The van der Waals surface area contributed by atoms with Crippen molar-refractivity contribution in [3.05, 3.63) is 26.8 Å². The van der Waals surface area contributed by atoms with Gasteiger partial charge < -0.3 is 5.11 Å². The lowest BCUT2D eigenvalue weighted by molar-refractivity contribution is 0.0702. The van der Waals surface area contributed by atoms with E-state index in [1.165, 1.54) is 0 Å². The van der Waals surface area contributed by atoms with Crippen LogP contribution in [0.15, 0.2) is 16.7 Å². The second-order valence-electron chi connectivity index (χ2n) is 2.56. The first-order valence-corrected chi connectivity index (χ1v) is 5.55. The van der Waals surface area contributed by atoms with Gasteiger partial charge >= 0.3 is 5.97 Å². The SMILES string of the molecule is O=C(O)c1cc2c(Br)cnc(Cl)c2s1. The highest BCUT2D eigenvalue weighted by Gasteiger charge is 2.13. The lowest BCUT2D eigenvalue weighted by Crippen LogP contribution is -1.89. The first kappa shape index (κ1) is 9.89. The maximum atomic E-state index is 10.7. The molecule has 6 heteroatoms. The highest BCUT2D eigenvalue weighted by molar-refractivity contribution is 9.10. The van der Waals surface area contributed by atoms with Crippen LogP contribution in [-0.2, 0) is 0 Å². The molecule has 3 nitrogen and oxygen atoms in total. The summed E-state index contributed by atoms with van der Waals surface area (Å²) in [6, 6.07) is 1.58. The third-order valence-electron chi connectivity index (χ3n) is 1.68. The minimum Gasteiger partial charge on any atom is -0.477 e. The minimum absolute atomic E-state index is 0.260. The summed E-state index contributed by atoms with van der Waals surface area (Å²) in [7, 11) is 0. The van der Waals surface area contributed by atoms with Gasteiger partial charge in [-0.05, 0) is 22.0 Å². The fourth-order valence-corrected chi connectivity index (χ4v) is 2.78. The average molecular weight is 293 g/mol. The maximum Gasteiger partial charge on any atom is 0.345 e. The lowest BCUT2D eigenvalue weighted by Gasteiger charge is -1.93. The van der Waals surface area contributed by atoms with E-state index < -0.39 is 5.97 Å². The van der Waals surface area contributed by atoms with E-state index in [0.29, 0.717) is 9.85 Å². The molecule has 0 aromatic carbocycles. The molecule has 0 saturated heterocycles. The van der Waals surface area contributed by atoms with Crippen LogP contribution in [0.25, 0.3) is 10.1 Å². The van der Waals surface area contributed by atoms with E-state index in [0.717, 1.165) is 21.2 Å². The van der Waals surface area contributed by atoms with E-state index in [1.807, 2.05) is 0 Å². The van der Waals surface area contributed by atoms with Crippen molar-refractivity contribution in [2.45, 2.75) is 0 Å². The third-order valence-corrected chi connectivity index (χ3v) is 3.84. The van der Waals surface area contributed by atoms with Gasteiger partial charge in [0.2, 0.25) is 0 Å². The Bertz CT molecular complexity index is 486. The number of carboxylic acids is 1. The molecule has 0 aliphatic rings. The third kappa shape index (κ3) is 1.51. The van der Waals surface area contributed by atoms with Crippen molar-refractivity contribution in [3.8, 4) is 0 Å². The van der Waals surface area contributed by atoms with Crippen LogP contribution in [0.4, 0.5) is 0 Å². The van der Waals surface area contributed by atoms with Crippen LogP contribution >= 0.6 is 38.9 Å². The molecule has 1 N–H and O–H groups in total. The van der Waals surface area contributed by atoms with Gasteiger partial charge in [-0.3, -0.25) is 0 Å². The summed E-state index contributed by atoms with van der Waals surface area (Å²) in [6.07, 6.45) is 1.56. The zero-order chi connectivity index (χ0) is 10.3. The number of thiophene rings is 1. The molecule has 0 amide bonds. The second kappa shape index (κ2) is 3.49. The zero-order valence-corrected chi connectivity index (χ0v) is 9.78. The number of aromatic carboxylic acids is 1. The van der Waals surface area contributed by atoms with E-state index in [1.54, 1.807) is 12.3 Å². The molecule has 0 unspecified atom stereocenters. The Morgan fingerprint density at radius 3 is 2.93 bits per heavy atom. The summed E-state index contributed by atoms with van der Waals surface area (Å²) in [5.74, 6) is -0.950. The van der Waals surface area contributed by atoms with Crippen molar-refractivity contribution in [1.29, 1.82) is 0 Å². The quantitative estimate of drug-likeness (QED) is 0.819. The molecule has 0 spiro atoms. The van der Waals surface area contributed by atoms with Crippen molar-refractivity contribution in [3.63, 3.8) is 0 Å². The average Bonchev–Trinajstić information content (AvgIpc) is 2.57. The summed E-state index contributed by atoms with van der Waals surface area (Å²) in [6.45, 7) is 0. The summed E-state index contributed by atoms with van der Waals surface area (Å²) in [5, 5.41) is 9.92. The molecule has 72 valence electrons. The number of carbonyl (C=O) groups is 1. The molecule has 0 saturated carbocycles. The van der Waals surface area contributed by atoms with Gasteiger partial charge in [0.25, 0.3) is 0 Å². The van der Waals surface area contributed by atoms with Gasteiger partial charge in [0, 0.05) is 16.1 Å². The summed E-state index contributed by atoms with van der Waals surface area (Å²) in [4.78, 5) is 14.9. The molecular weight excluding hydrogens is 290 g/mol. The highest BCUT2D eigenvalue weighted by Crippen LogP contribution is 2.34. The van der Waals surface area contributed by atoms with Crippen LogP contribution in [0.5, 0.6) is 0 Å². The number of aromatic nitrogens is 1. The van der Waals surface area contributed by atoms with Gasteiger partial charge in [-0.2, -0.15) is 0 Å². The number of hydrogen-bond acceptors (Lipinski definition) is 3. The maximum absolute atomic E-state index is 10.7. The number of pyridine rings is 1. The van der Waals surface area contributed by atoms with Gasteiger partial charge in [-0.15, -0.1) is 11.3 Å². The fraction of sp³-hybridized carbons (Fsp3) is 0. The van der Waals surface area contributed by atoms with Crippen molar-refractivity contribution in [1.82, 2.24) is 4.98 Å². The fourth-order valence-electron chi connectivity index (χ4n) is 1.07. The predicted octanol–water partition coefficient (Wildman–Crippen LogP) is 3.41. The Morgan fingerprint density at radius 2 is 2.36 bits per heavy atom. The van der Waals surface area contributed by atoms with Crippen LogP contribution in [0, 0.1) is 0 Å². The number of rotatable bonds is 1. The minimum atomic E-state index is -0.950. The molecule has 0 aliphatic carbocycles. The van der Waals surface area contributed by atoms with Gasteiger partial charge in [0.1, 0.15) is 10.0 Å². The first-order valence-electron chi connectivity index (χ1n) is 3.56. The van der Waals surface area contributed by atoms with E-state index in [2.05, 4.69) is 20.9 Å². The zero-order valence-electron chi connectivity index (χ0n) is 6.62. The molecule has 14 heavy (non-hydrogen) atoms. The van der Waals surface area contributed by atoms with Crippen LogP contribution < -0.4 is 0 Å². The number of nitrogens with zero attached hydrogens (tertiary/aromatic N) is 1. The van der Waals surface area contributed by atoms with Crippen LogP contribution in [0.1, 0.15) is 9.67 Å². The summed E-state index contributed by atoms with van der Waals surface area (Å²) in [5.41, 5.74) is 0. The summed E-state index contributed by atoms with van der Waals surface area (Å²) < 4.78 is 1.44. The molecular formula is C8H3BrClNO2S. The van der Waals surface area contributed by atoms with E-state index in [9.17, 15) is 4.79 Å². The highest BCUT2D eigenvalue weighted by atomic mass is 79.9. The van der Waals surface area contributed by atoms with E-state index in [4.69, 9.17) is 16.7 Å². The van der Waals surface area contributed by atoms with Crippen molar-refractivity contribution in [2.75, 3.05) is 0 Å². The topological polar surface area (TPSA) is 50.2 Å². The Morgan fingerprint density at radius 1 is 1.64 bits per heavy atom. The Hall–Kier alpha value is -0.650. The number of carboxylic acid groups (broad SMARTS) is 1. The van der Waals surface area contributed by atoms with Crippen LogP contribution in [0.3, 0.4) is 0 Å². The molecule has 0 bridgehead atoms. The molecule has 2 rings (SSSR count). The molecule has 0 radical (unpaired) electrons. The lowest BCUT2D eigenvalue weighted by atomic mass is 10.3. The number of halogens is 2.